The highest BCUT2D eigenvalue weighted by Crippen LogP contribution is 2.34. The molecule has 1 heterocycles. The van der Waals surface area contributed by atoms with Gasteiger partial charge in [-0.25, -0.2) is 13.6 Å². The first-order valence-electron chi connectivity index (χ1n) is 7.42. The molecule has 0 unspecified atom stereocenters. The summed E-state index contributed by atoms with van der Waals surface area (Å²) in [5.74, 6) is 0. The van der Waals surface area contributed by atoms with E-state index < -0.39 is 21.8 Å². The maximum atomic E-state index is 12.9. The van der Waals surface area contributed by atoms with Crippen LogP contribution in [0.5, 0.6) is 0 Å². The van der Waals surface area contributed by atoms with Gasteiger partial charge in [0, 0.05) is 22.5 Å². The molecule has 5 nitrogen and oxygen atoms in total. The van der Waals surface area contributed by atoms with E-state index in [2.05, 4.69) is 10.3 Å². The Morgan fingerprint density at radius 2 is 1.81 bits per heavy atom. The summed E-state index contributed by atoms with van der Waals surface area (Å²) in [6.45, 7) is 1.66. The second-order valence-corrected chi connectivity index (χ2v) is 7.30. The Morgan fingerprint density at radius 3 is 2.46 bits per heavy atom. The fraction of sp³-hybridized carbons (Fsp3) is 0.118. The average molecular weight is 381 g/mol. The van der Waals surface area contributed by atoms with Crippen LogP contribution in [0.4, 0.5) is 24.5 Å². The predicted octanol–water partition coefficient (Wildman–Crippen LogP) is 3.95. The van der Waals surface area contributed by atoms with Crippen molar-refractivity contribution in [2.45, 2.75) is 18.0 Å². The van der Waals surface area contributed by atoms with E-state index in [0.717, 1.165) is 12.1 Å². The van der Waals surface area contributed by atoms with Crippen LogP contribution in [0.15, 0.2) is 53.4 Å². The lowest BCUT2D eigenvalue weighted by Gasteiger charge is -2.13. The molecule has 0 atom stereocenters. The smallest absolute Gasteiger partial charge is 0.355 e. The minimum absolute atomic E-state index is 0.0723. The number of aryl methyl sites for hydroxylation is 1. The lowest BCUT2D eigenvalue weighted by Crippen LogP contribution is -2.12. The summed E-state index contributed by atoms with van der Waals surface area (Å²) < 4.78 is 61.7. The van der Waals surface area contributed by atoms with Crippen LogP contribution in [0.2, 0.25) is 0 Å². The highest BCUT2D eigenvalue weighted by molar-refractivity contribution is 7.89. The maximum absolute atomic E-state index is 12.9. The number of nitrogens with zero attached hydrogens (tertiary/aromatic N) is 1. The zero-order valence-corrected chi connectivity index (χ0v) is 14.3. The molecule has 0 aliphatic rings. The number of hydrogen-bond acceptors (Lipinski definition) is 4. The van der Waals surface area contributed by atoms with Crippen molar-refractivity contribution in [1.82, 2.24) is 4.98 Å². The highest BCUT2D eigenvalue weighted by atomic mass is 32.2. The second kappa shape index (κ2) is 6.26. The third-order valence-corrected chi connectivity index (χ3v) is 4.62. The van der Waals surface area contributed by atoms with Gasteiger partial charge in [0.25, 0.3) is 0 Å². The van der Waals surface area contributed by atoms with Crippen LogP contribution in [0.25, 0.3) is 10.9 Å². The Kier molecular flexibility index (Phi) is 4.37. The molecule has 2 aromatic carbocycles. The Labute approximate surface area is 147 Å². The number of fused-ring (bicyclic) bond motifs is 1. The van der Waals surface area contributed by atoms with Gasteiger partial charge in [-0.2, -0.15) is 13.2 Å². The second-order valence-electron chi connectivity index (χ2n) is 5.74. The van der Waals surface area contributed by atoms with E-state index >= 15 is 0 Å². The zero-order valence-electron chi connectivity index (χ0n) is 13.5. The number of alkyl halides is 3. The summed E-state index contributed by atoms with van der Waals surface area (Å²) in [6.07, 6.45) is -4.46. The zero-order chi connectivity index (χ0) is 19.1. The number of sulfonamides is 1. The number of rotatable bonds is 3. The topological polar surface area (TPSA) is 85.1 Å². The molecular formula is C17H14F3N3O2S. The van der Waals surface area contributed by atoms with Gasteiger partial charge in [-0.05, 0) is 43.3 Å². The number of nitrogens with one attached hydrogen (secondary N) is 1. The predicted molar refractivity (Wildman–Crippen MR) is 92.6 cm³/mol. The molecule has 136 valence electrons. The first-order chi connectivity index (χ1) is 12.0. The highest BCUT2D eigenvalue weighted by Gasteiger charge is 2.30. The van der Waals surface area contributed by atoms with E-state index in [1.807, 2.05) is 0 Å². The molecule has 0 radical (unpaired) electrons. The monoisotopic (exact) mass is 381 g/mol. The van der Waals surface area contributed by atoms with Crippen molar-refractivity contribution in [1.29, 1.82) is 0 Å². The number of halogens is 3. The van der Waals surface area contributed by atoms with E-state index in [9.17, 15) is 21.6 Å². The van der Waals surface area contributed by atoms with Crippen LogP contribution in [0.1, 0.15) is 11.3 Å². The van der Waals surface area contributed by atoms with Crippen molar-refractivity contribution < 1.29 is 21.6 Å². The van der Waals surface area contributed by atoms with Crippen molar-refractivity contribution in [3.05, 3.63) is 59.8 Å². The van der Waals surface area contributed by atoms with Gasteiger partial charge < -0.3 is 5.32 Å². The summed E-state index contributed by atoms with van der Waals surface area (Å²) in [5.41, 5.74) is 0.855. The molecule has 0 aliphatic carbocycles. The van der Waals surface area contributed by atoms with Crippen LogP contribution in [-0.2, 0) is 16.2 Å². The van der Waals surface area contributed by atoms with E-state index in [4.69, 9.17) is 5.14 Å². The molecule has 0 fully saturated rings. The molecule has 3 N–H and O–H groups in total. The number of benzene rings is 2. The SMILES string of the molecule is Cc1cc(Nc2cccc(S(N)(=O)=O)c2)c2ccc(C(F)(F)F)cc2n1. The van der Waals surface area contributed by atoms with Gasteiger partial charge in [0.1, 0.15) is 0 Å². The van der Waals surface area contributed by atoms with Crippen molar-refractivity contribution in [3.63, 3.8) is 0 Å². The Balaban J connectivity index is 2.08. The molecule has 0 spiro atoms. The van der Waals surface area contributed by atoms with Crippen LogP contribution in [0, 0.1) is 6.92 Å². The minimum Gasteiger partial charge on any atom is -0.355 e. The molecule has 0 saturated heterocycles. The molecule has 9 heteroatoms. The lowest BCUT2D eigenvalue weighted by molar-refractivity contribution is -0.137. The Bertz CT molecular complexity index is 1100. The first kappa shape index (κ1) is 18.2. The summed E-state index contributed by atoms with van der Waals surface area (Å²) in [4.78, 5) is 4.08. The van der Waals surface area contributed by atoms with Gasteiger partial charge in [-0.3, -0.25) is 4.98 Å². The molecule has 3 rings (SSSR count). The minimum atomic E-state index is -4.46. The summed E-state index contributed by atoms with van der Waals surface area (Å²) >= 11 is 0. The standard InChI is InChI=1S/C17H14F3N3O2S/c1-10-7-15(23-12-3-2-4-13(9-12)26(21,24)25)14-6-5-11(17(18,19)20)8-16(14)22-10/h2-9H,1H3,(H,22,23)(H2,21,24,25). The first-order valence-corrected chi connectivity index (χ1v) is 8.97. The summed E-state index contributed by atoms with van der Waals surface area (Å²) in [5, 5.41) is 8.61. The Hall–Kier alpha value is -2.65. The van der Waals surface area contributed by atoms with E-state index in [1.54, 1.807) is 19.1 Å². The Morgan fingerprint density at radius 1 is 1.08 bits per heavy atom. The average Bonchev–Trinajstić information content (AvgIpc) is 2.52. The van der Waals surface area contributed by atoms with Crippen LogP contribution < -0.4 is 10.5 Å². The van der Waals surface area contributed by atoms with Crippen LogP contribution >= 0.6 is 0 Å². The van der Waals surface area contributed by atoms with E-state index in [-0.39, 0.29) is 10.4 Å². The van der Waals surface area contributed by atoms with Crippen LogP contribution in [-0.4, -0.2) is 13.4 Å². The van der Waals surface area contributed by atoms with Gasteiger partial charge in [0.05, 0.1) is 16.0 Å². The van der Waals surface area contributed by atoms with E-state index in [1.165, 1.54) is 24.3 Å². The van der Waals surface area contributed by atoms with Gasteiger partial charge >= 0.3 is 6.18 Å². The van der Waals surface area contributed by atoms with Crippen molar-refractivity contribution in [2.24, 2.45) is 5.14 Å². The molecule has 0 amide bonds. The number of aromatic nitrogens is 1. The van der Waals surface area contributed by atoms with Gasteiger partial charge in [0.15, 0.2) is 0 Å². The molecule has 0 saturated carbocycles. The fourth-order valence-electron chi connectivity index (χ4n) is 2.55. The molecular weight excluding hydrogens is 367 g/mol. The molecule has 3 aromatic rings. The third kappa shape index (κ3) is 3.78. The van der Waals surface area contributed by atoms with E-state index in [0.29, 0.717) is 22.5 Å². The van der Waals surface area contributed by atoms with Gasteiger partial charge in [-0.1, -0.05) is 12.1 Å². The number of primary sulfonamides is 1. The van der Waals surface area contributed by atoms with Crippen molar-refractivity contribution in [2.75, 3.05) is 5.32 Å². The number of anilines is 2. The van der Waals surface area contributed by atoms with Crippen molar-refractivity contribution in [3.8, 4) is 0 Å². The summed E-state index contributed by atoms with van der Waals surface area (Å²) in [6, 6.07) is 10.8. The van der Waals surface area contributed by atoms with Crippen LogP contribution in [0.3, 0.4) is 0 Å². The maximum Gasteiger partial charge on any atom is 0.416 e. The van der Waals surface area contributed by atoms with Crippen molar-refractivity contribution >= 4 is 32.3 Å². The third-order valence-electron chi connectivity index (χ3n) is 3.71. The summed E-state index contributed by atoms with van der Waals surface area (Å²) in [7, 11) is -3.87. The lowest BCUT2D eigenvalue weighted by atomic mass is 10.1. The molecule has 0 aliphatic heterocycles. The quantitative estimate of drug-likeness (QED) is 0.719. The molecule has 0 bridgehead atoms. The number of hydrogen-bond donors (Lipinski definition) is 2. The molecule has 1 aromatic heterocycles. The normalized spacial score (nSPS) is 12.3. The number of nitrogens with two attached hydrogens (primary N) is 1. The molecule has 26 heavy (non-hydrogen) atoms. The van der Waals surface area contributed by atoms with Gasteiger partial charge in [-0.15, -0.1) is 0 Å². The largest absolute Gasteiger partial charge is 0.416 e. The fourth-order valence-corrected chi connectivity index (χ4v) is 3.11. The number of pyridine rings is 1. The van der Waals surface area contributed by atoms with Gasteiger partial charge in [0.2, 0.25) is 10.0 Å².